The number of para-hydroxylation sites is 1. The van der Waals surface area contributed by atoms with Crippen molar-refractivity contribution in [3.05, 3.63) is 34.4 Å². The van der Waals surface area contributed by atoms with E-state index < -0.39 is 20.0 Å². The Hall–Kier alpha value is -1.47. The summed E-state index contributed by atoms with van der Waals surface area (Å²) < 4.78 is 24.9. The maximum atomic E-state index is 12.5. The summed E-state index contributed by atoms with van der Waals surface area (Å²) in [5.41, 5.74) is 5.40. The Kier molecular flexibility index (Phi) is 3.86. The van der Waals surface area contributed by atoms with Crippen LogP contribution in [0, 0.1) is 10.1 Å². The second-order valence-electron chi connectivity index (χ2n) is 4.81. The molecular weight excluding hydrogens is 268 g/mol. The molecule has 1 saturated carbocycles. The molecule has 0 unspecified atom stereocenters. The molecule has 7 heteroatoms. The molecule has 2 rings (SSSR count). The smallest absolute Gasteiger partial charge is 0.287 e. The summed E-state index contributed by atoms with van der Waals surface area (Å²) in [5, 5.41) is 10.4. The van der Waals surface area contributed by atoms with Crippen molar-refractivity contribution in [2.24, 2.45) is 5.73 Å². The highest BCUT2D eigenvalue weighted by molar-refractivity contribution is 7.92. The standard InChI is InChI=1S/C12H16N2O4S/c13-9-5-7-10(8-6-9)19(17,18)12-4-2-1-3-11(12)14(15)16/h1-4,9-10H,5-8,13H2. The third kappa shape index (κ3) is 2.76. The zero-order valence-electron chi connectivity index (χ0n) is 10.4. The summed E-state index contributed by atoms with van der Waals surface area (Å²) in [6.45, 7) is 0. The van der Waals surface area contributed by atoms with E-state index in [1.165, 1.54) is 24.3 Å². The van der Waals surface area contributed by atoms with Crippen molar-refractivity contribution >= 4 is 15.5 Å². The summed E-state index contributed by atoms with van der Waals surface area (Å²) in [5.74, 6) is 0. The first-order chi connectivity index (χ1) is 8.93. The normalized spacial score (nSPS) is 24.1. The lowest BCUT2D eigenvalue weighted by atomic mass is 9.96. The van der Waals surface area contributed by atoms with E-state index in [-0.39, 0.29) is 16.6 Å². The zero-order valence-corrected chi connectivity index (χ0v) is 11.2. The number of nitrogens with two attached hydrogens (primary N) is 1. The maximum absolute atomic E-state index is 12.5. The van der Waals surface area contributed by atoms with E-state index in [2.05, 4.69) is 0 Å². The molecular formula is C12H16N2O4S. The molecule has 1 aromatic rings. The molecule has 1 aliphatic carbocycles. The van der Waals surface area contributed by atoms with Crippen LogP contribution in [0.15, 0.2) is 29.2 Å². The van der Waals surface area contributed by atoms with Crippen LogP contribution < -0.4 is 5.73 Å². The summed E-state index contributed by atoms with van der Waals surface area (Å²) >= 11 is 0. The van der Waals surface area contributed by atoms with Gasteiger partial charge in [-0.2, -0.15) is 0 Å². The van der Waals surface area contributed by atoms with E-state index in [4.69, 9.17) is 5.73 Å². The van der Waals surface area contributed by atoms with Gasteiger partial charge in [0, 0.05) is 12.1 Å². The first kappa shape index (κ1) is 14.0. The van der Waals surface area contributed by atoms with Crippen molar-refractivity contribution in [1.82, 2.24) is 0 Å². The Morgan fingerprint density at radius 3 is 2.32 bits per heavy atom. The number of nitrogens with zero attached hydrogens (tertiary/aromatic N) is 1. The summed E-state index contributed by atoms with van der Waals surface area (Å²) in [6, 6.07) is 5.54. The van der Waals surface area contributed by atoms with Gasteiger partial charge in [0.15, 0.2) is 9.84 Å². The van der Waals surface area contributed by atoms with Crippen molar-refractivity contribution in [1.29, 1.82) is 0 Å². The number of nitro groups is 1. The second-order valence-corrected chi connectivity index (χ2v) is 7.00. The highest BCUT2D eigenvalue weighted by atomic mass is 32.2. The maximum Gasteiger partial charge on any atom is 0.287 e. The van der Waals surface area contributed by atoms with Crippen LogP contribution in [-0.4, -0.2) is 24.6 Å². The lowest BCUT2D eigenvalue weighted by Gasteiger charge is -2.25. The molecule has 2 N–H and O–H groups in total. The fourth-order valence-electron chi connectivity index (χ4n) is 2.43. The molecule has 0 saturated heterocycles. The lowest BCUT2D eigenvalue weighted by molar-refractivity contribution is -0.387. The molecule has 0 spiro atoms. The van der Waals surface area contributed by atoms with Gasteiger partial charge >= 0.3 is 0 Å². The van der Waals surface area contributed by atoms with Crippen molar-refractivity contribution in [3.63, 3.8) is 0 Å². The van der Waals surface area contributed by atoms with Crippen LogP contribution in [0.3, 0.4) is 0 Å². The second kappa shape index (κ2) is 5.26. The fourth-order valence-corrected chi connectivity index (χ4v) is 4.38. The molecule has 104 valence electrons. The molecule has 6 nitrogen and oxygen atoms in total. The summed E-state index contributed by atoms with van der Waals surface area (Å²) in [6.07, 6.45) is 2.22. The molecule has 0 aliphatic heterocycles. The van der Waals surface area contributed by atoms with E-state index in [9.17, 15) is 18.5 Å². The van der Waals surface area contributed by atoms with E-state index in [1.807, 2.05) is 0 Å². The number of nitro benzene ring substituents is 1. The molecule has 0 aromatic heterocycles. The van der Waals surface area contributed by atoms with E-state index in [0.29, 0.717) is 25.7 Å². The molecule has 19 heavy (non-hydrogen) atoms. The zero-order chi connectivity index (χ0) is 14.0. The third-order valence-corrected chi connectivity index (χ3v) is 5.83. The van der Waals surface area contributed by atoms with Crippen LogP contribution in [0.5, 0.6) is 0 Å². The van der Waals surface area contributed by atoms with Crippen LogP contribution in [0.2, 0.25) is 0 Å². The molecule has 0 heterocycles. The highest BCUT2D eigenvalue weighted by Crippen LogP contribution is 2.32. The minimum atomic E-state index is -3.66. The Labute approximate surface area is 111 Å². The van der Waals surface area contributed by atoms with Gasteiger partial charge in [-0.05, 0) is 31.7 Å². The van der Waals surface area contributed by atoms with Gasteiger partial charge in [-0.1, -0.05) is 12.1 Å². The average molecular weight is 284 g/mol. The van der Waals surface area contributed by atoms with Crippen LogP contribution in [-0.2, 0) is 9.84 Å². The average Bonchev–Trinajstić information content (AvgIpc) is 2.39. The quantitative estimate of drug-likeness (QED) is 0.671. The van der Waals surface area contributed by atoms with Crippen LogP contribution in [0.4, 0.5) is 5.69 Å². The fraction of sp³-hybridized carbons (Fsp3) is 0.500. The Morgan fingerprint density at radius 2 is 1.74 bits per heavy atom. The first-order valence-electron chi connectivity index (χ1n) is 6.16. The Bertz CT molecular complexity index is 577. The van der Waals surface area contributed by atoms with E-state index in [0.717, 1.165) is 0 Å². The topological polar surface area (TPSA) is 103 Å². The van der Waals surface area contributed by atoms with Gasteiger partial charge in [0.25, 0.3) is 5.69 Å². The molecule has 0 amide bonds. The summed E-state index contributed by atoms with van der Waals surface area (Å²) in [7, 11) is -3.66. The van der Waals surface area contributed by atoms with Gasteiger partial charge in [-0.3, -0.25) is 10.1 Å². The molecule has 1 aromatic carbocycles. The monoisotopic (exact) mass is 284 g/mol. The minimum Gasteiger partial charge on any atom is -0.328 e. The molecule has 1 aliphatic rings. The van der Waals surface area contributed by atoms with Gasteiger partial charge in [-0.15, -0.1) is 0 Å². The number of benzene rings is 1. The van der Waals surface area contributed by atoms with Gasteiger partial charge in [0.1, 0.15) is 4.90 Å². The van der Waals surface area contributed by atoms with Crippen molar-refractivity contribution in [3.8, 4) is 0 Å². The Morgan fingerprint density at radius 1 is 1.16 bits per heavy atom. The number of sulfone groups is 1. The first-order valence-corrected chi connectivity index (χ1v) is 7.70. The van der Waals surface area contributed by atoms with Crippen LogP contribution in [0.1, 0.15) is 25.7 Å². The van der Waals surface area contributed by atoms with Crippen molar-refractivity contribution in [2.45, 2.75) is 41.9 Å². The van der Waals surface area contributed by atoms with Crippen molar-refractivity contribution < 1.29 is 13.3 Å². The van der Waals surface area contributed by atoms with E-state index in [1.54, 1.807) is 0 Å². The molecule has 0 radical (unpaired) electrons. The number of rotatable bonds is 3. The molecule has 0 atom stereocenters. The predicted octanol–water partition coefficient (Wildman–Crippen LogP) is 1.64. The largest absolute Gasteiger partial charge is 0.328 e. The van der Waals surface area contributed by atoms with Crippen LogP contribution >= 0.6 is 0 Å². The van der Waals surface area contributed by atoms with Crippen LogP contribution in [0.25, 0.3) is 0 Å². The van der Waals surface area contributed by atoms with E-state index >= 15 is 0 Å². The van der Waals surface area contributed by atoms with Gasteiger partial charge in [0.05, 0.1) is 10.2 Å². The third-order valence-electron chi connectivity index (χ3n) is 3.53. The molecule has 0 bridgehead atoms. The van der Waals surface area contributed by atoms with Crippen molar-refractivity contribution in [2.75, 3.05) is 0 Å². The minimum absolute atomic E-state index is 0.0391. The number of hydrogen-bond donors (Lipinski definition) is 1. The lowest BCUT2D eigenvalue weighted by Crippen LogP contribution is -2.33. The molecule has 1 fully saturated rings. The number of hydrogen-bond acceptors (Lipinski definition) is 5. The Balaban J connectivity index is 2.37. The highest BCUT2D eigenvalue weighted by Gasteiger charge is 2.35. The van der Waals surface area contributed by atoms with Gasteiger partial charge in [0.2, 0.25) is 0 Å². The van der Waals surface area contributed by atoms with Gasteiger partial charge in [-0.25, -0.2) is 8.42 Å². The SMILES string of the molecule is NC1CCC(S(=O)(=O)c2ccccc2[N+](=O)[O-])CC1. The summed E-state index contributed by atoms with van der Waals surface area (Å²) in [4.78, 5) is 10.1. The van der Waals surface area contributed by atoms with Gasteiger partial charge < -0.3 is 5.73 Å². The predicted molar refractivity (Wildman–Crippen MR) is 70.5 cm³/mol.